The lowest BCUT2D eigenvalue weighted by Crippen LogP contribution is -2.23. The number of ether oxygens (including phenoxy) is 2. The first-order valence-electron chi connectivity index (χ1n) is 6.93. The van der Waals surface area contributed by atoms with Crippen LogP contribution in [-0.4, -0.2) is 47.0 Å². The zero-order chi connectivity index (χ0) is 15.1. The van der Waals surface area contributed by atoms with Gasteiger partial charge in [-0.3, -0.25) is 0 Å². The Balaban J connectivity index is 0.000000555. The highest BCUT2D eigenvalue weighted by atomic mass is 16.5. The molecule has 0 bridgehead atoms. The Morgan fingerprint density at radius 2 is 1.58 bits per heavy atom. The van der Waals surface area contributed by atoms with Crippen molar-refractivity contribution in [1.82, 2.24) is 0 Å². The van der Waals surface area contributed by atoms with E-state index in [1.165, 1.54) is 13.8 Å². The van der Waals surface area contributed by atoms with Gasteiger partial charge in [0, 0.05) is 6.04 Å². The summed E-state index contributed by atoms with van der Waals surface area (Å²) in [6.07, 6.45) is 3.59. The Morgan fingerprint density at radius 3 is 1.95 bits per heavy atom. The van der Waals surface area contributed by atoms with Crippen LogP contribution in [0.3, 0.4) is 0 Å². The molecule has 0 spiro atoms. The van der Waals surface area contributed by atoms with Crippen LogP contribution in [0.5, 0.6) is 0 Å². The first kappa shape index (κ1) is 18.8. The Labute approximate surface area is 117 Å². The van der Waals surface area contributed by atoms with E-state index in [1.807, 2.05) is 0 Å². The highest BCUT2D eigenvalue weighted by molar-refractivity contribution is 4.78. The van der Waals surface area contributed by atoms with Gasteiger partial charge in [0.2, 0.25) is 0 Å². The molecular formula is C14H31NO4. The minimum atomic E-state index is -1.50. The zero-order valence-electron chi connectivity index (χ0n) is 13.0. The fraction of sp³-hybridized carbons (Fsp3) is 1.00. The topological polar surface area (TPSA) is 84.9 Å². The Bertz CT molecular complexity index is 227. The van der Waals surface area contributed by atoms with Crippen LogP contribution in [0.25, 0.3) is 0 Å². The van der Waals surface area contributed by atoms with Gasteiger partial charge in [0.05, 0.1) is 24.9 Å². The molecule has 1 aliphatic rings. The molecule has 0 unspecified atom stereocenters. The molecule has 0 aromatic heterocycles. The number of rotatable bonds is 4. The molecule has 1 saturated carbocycles. The van der Waals surface area contributed by atoms with Crippen molar-refractivity contribution >= 4 is 0 Å². The molecule has 0 aromatic rings. The predicted octanol–water partition coefficient (Wildman–Crippen LogP) is 1.41. The van der Waals surface area contributed by atoms with Gasteiger partial charge in [0.25, 0.3) is 0 Å². The lowest BCUT2D eigenvalue weighted by atomic mass is 10.2. The summed E-state index contributed by atoms with van der Waals surface area (Å²) < 4.78 is 11.2. The van der Waals surface area contributed by atoms with Crippen molar-refractivity contribution in [2.45, 2.75) is 77.4 Å². The van der Waals surface area contributed by atoms with Crippen LogP contribution in [0.1, 0.15) is 53.9 Å². The normalized spacial score (nSPS) is 24.0. The second kappa shape index (κ2) is 8.17. The minimum absolute atomic E-state index is 0.0601. The molecule has 0 aromatic carbocycles. The van der Waals surface area contributed by atoms with E-state index in [9.17, 15) is 0 Å². The molecule has 116 valence electrons. The van der Waals surface area contributed by atoms with Crippen LogP contribution in [0, 0.1) is 0 Å². The van der Waals surface area contributed by atoms with E-state index in [4.69, 9.17) is 25.4 Å². The molecule has 0 saturated heterocycles. The lowest BCUT2D eigenvalue weighted by molar-refractivity contribution is -0.127. The summed E-state index contributed by atoms with van der Waals surface area (Å²) in [4.78, 5) is 0. The average Bonchev–Trinajstić information content (AvgIpc) is 2.55. The van der Waals surface area contributed by atoms with Gasteiger partial charge in [0.1, 0.15) is 0 Å². The van der Waals surface area contributed by atoms with Gasteiger partial charge in [0.15, 0.2) is 5.79 Å². The van der Waals surface area contributed by atoms with Crippen LogP contribution in [-0.2, 0) is 9.47 Å². The maximum atomic E-state index is 8.08. The summed E-state index contributed by atoms with van der Waals surface area (Å²) >= 11 is 0. The van der Waals surface area contributed by atoms with Crippen molar-refractivity contribution in [2.24, 2.45) is 5.73 Å². The van der Waals surface area contributed by atoms with Gasteiger partial charge in [-0.25, -0.2) is 0 Å². The molecular weight excluding hydrogens is 246 g/mol. The van der Waals surface area contributed by atoms with Crippen molar-refractivity contribution in [2.75, 3.05) is 13.2 Å². The second-order valence-electron chi connectivity index (χ2n) is 6.52. The highest BCUT2D eigenvalue weighted by Crippen LogP contribution is 2.20. The minimum Gasteiger partial charge on any atom is -0.376 e. The maximum absolute atomic E-state index is 8.08. The molecule has 0 aliphatic heterocycles. The van der Waals surface area contributed by atoms with E-state index in [0.717, 1.165) is 19.3 Å². The molecule has 4 N–H and O–H groups in total. The average molecular weight is 277 g/mol. The highest BCUT2D eigenvalue weighted by Gasteiger charge is 2.22. The first-order chi connectivity index (χ1) is 8.47. The maximum Gasteiger partial charge on any atom is 0.156 e. The summed E-state index contributed by atoms with van der Waals surface area (Å²) in [6.45, 7) is 10.1. The Hall–Kier alpha value is -0.200. The monoisotopic (exact) mass is 277 g/mol. The van der Waals surface area contributed by atoms with Crippen molar-refractivity contribution < 1.29 is 19.7 Å². The molecule has 1 rings (SSSR count). The molecule has 5 heteroatoms. The molecule has 0 heterocycles. The van der Waals surface area contributed by atoms with Crippen molar-refractivity contribution in [1.29, 1.82) is 0 Å². The smallest absolute Gasteiger partial charge is 0.156 e. The van der Waals surface area contributed by atoms with Gasteiger partial charge in [-0.15, -0.1) is 0 Å². The summed E-state index contributed by atoms with van der Waals surface area (Å²) in [6, 6.07) is 0.350. The Morgan fingerprint density at radius 1 is 1.05 bits per heavy atom. The van der Waals surface area contributed by atoms with E-state index in [2.05, 4.69) is 20.8 Å². The third-order valence-corrected chi connectivity index (χ3v) is 2.40. The number of aliphatic hydroxyl groups is 2. The molecule has 1 fully saturated rings. The van der Waals surface area contributed by atoms with Gasteiger partial charge in [-0.2, -0.15) is 0 Å². The fourth-order valence-electron chi connectivity index (χ4n) is 1.69. The lowest BCUT2D eigenvalue weighted by Gasteiger charge is -2.20. The predicted molar refractivity (Wildman–Crippen MR) is 75.8 cm³/mol. The Kier molecular flexibility index (Phi) is 8.08. The summed E-state index contributed by atoms with van der Waals surface area (Å²) in [5.74, 6) is -1.50. The van der Waals surface area contributed by atoms with Gasteiger partial charge in [-0.1, -0.05) is 0 Å². The van der Waals surface area contributed by atoms with E-state index in [-0.39, 0.29) is 5.60 Å². The van der Waals surface area contributed by atoms with E-state index in [0.29, 0.717) is 25.4 Å². The fourth-order valence-corrected chi connectivity index (χ4v) is 1.69. The molecule has 5 nitrogen and oxygen atoms in total. The number of hydrogen-bond acceptors (Lipinski definition) is 5. The first-order valence-corrected chi connectivity index (χ1v) is 6.93. The van der Waals surface area contributed by atoms with Gasteiger partial charge in [-0.05, 0) is 53.9 Å². The number of nitrogens with two attached hydrogens (primary N) is 1. The second-order valence-corrected chi connectivity index (χ2v) is 6.52. The standard InChI is InChI=1S/C11H23NO2.C3H8O2/c1-11(2,3)14-7-6-13-10-5-4-9(12)8-10;1-3(2,4)5/h9-10H,4-8,12H2,1-3H3;4-5H,1-2H3/t9-,10+;/m0./s1. The van der Waals surface area contributed by atoms with Crippen LogP contribution in [0.4, 0.5) is 0 Å². The molecule has 0 radical (unpaired) electrons. The van der Waals surface area contributed by atoms with Crippen LogP contribution < -0.4 is 5.73 Å². The molecule has 19 heavy (non-hydrogen) atoms. The van der Waals surface area contributed by atoms with Crippen molar-refractivity contribution in [3.05, 3.63) is 0 Å². The van der Waals surface area contributed by atoms with E-state index >= 15 is 0 Å². The molecule has 0 amide bonds. The van der Waals surface area contributed by atoms with Crippen LogP contribution >= 0.6 is 0 Å². The van der Waals surface area contributed by atoms with E-state index < -0.39 is 5.79 Å². The summed E-state index contributed by atoms with van der Waals surface area (Å²) in [7, 11) is 0. The molecule has 2 atom stereocenters. The number of hydrogen-bond donors (Lipinski definition) is 3. The van der Waals surface area contributed by atoms with Crippen molar-refractivity contribution in [3.8, 4) is 0 Å². The third-order valence-electron chi connectivity index (χ3n) is 2.40. The third kappa shape index (κ3) is 15.7. The zero-order valence-corrected chi connectivity index (χ0v) is 13.0. The largest absolute Gasteiger partial charge is 0.376 e. The van der Waals surface area contributed by atoms with Crippen molar-refractivity contribution in [3.63, 3.8) is 0 Å². The van der Waals surface area contributed by atoms with Gasteiger partial charge >= 0.3 is 0 Å². The molecule has 1 aliphatic carbocycles. The summed E-state index contributed by atoms with van der Waals surface area (Å²) in [5, 5.41) is 16.2. The van der Waals surface area contributed by atoms with E-state index in [1.54, 1.807) is 0 Å². The quantitative estimate of drug-likeness (QED) is 0.534. The van der Waals surface area contributed by atoms with Crippen LogP contribution in [0.15, 0.2) is 0 Å². The SMILES string of the molecule is CC(C)(C)OCCO[C@@H]1CC[C@H](N)C1.CC(C)(O)O. The van der Waals surface area contributed by atoms with Crippen LogP contribution in [0.2, 0.25) is 0 Å². The van der Waals surface area contributed by atoms with Gasteiger partial charge < -0.3 is 25.4 Å². The summed E-state index contributed by atoms with van der Waals surface area (Å²) in [5.41, 5.74) is 5.73.